The molecule has 0 bridgehead atoms. The summed E-state index contributed by atoms with van der Waals surface area (Å²) in [6.45, 7) is 11.2. The summed E-state index contributed by atoms with van der Waals surface area (Å²) in [6, 6.07) is 16.0. The highest BCUT2D eigenvalue weighted by molar-refractivity contribution is 6.30. The predicted octanol–water partition coefficient (Wildman–Crippen LogP) is 6.75. The first kappa shape index (κ1) is 26.4. The van der Waals surface area contributed by atoms with Gasteiger partial charge >= 0.3 is 0 Å². The molecule has 3 aromatic rings. The van der Waals surface area contributed by atoms with Crippen LogP contribution in [0.3, 0.4) is 0 Å². The highest BCUT2D eigenvalue weighted by Gasteiger charge is 2.49. The first-order valence-electron chi connectivity index (χ1n) is 13.4. The van der Waals surface area contributed by atoms with Crippen molar-refractivity contribution in [2.24, 2.45) is 5.41 Å². The molecule has 1 aliphatic carbocycles. The number of amides is 1. The lowest BCUT2D eigenvalue weighted by Crippen LogP contribution is -2.50. The summed E-state index contributed by atoms with van der Waals surface area (Å²) in [6.07, 6.45) is 4.13. The van der Waals surface area contributed by atoms with Gasteiger partial charge in [-0.2, -0.15) is 0 Å². The van der Waals surface area contributed by atoms with Gasteiger partial charge in [0.05, 0.1) is 6.04 Å². The lowest BCUT2D eigenvalue weighted by molar-refractivity contribution is -0.119. The second kappa shape index (κ2) is 10.2. The van der Waals surface area contributed by atoms with E-state index in [9.17, 15) is 9.59 Å². The number of aromatic nitrogens is 1. The zero-order valence-electron chi connectivity index (χ0n) is 22.8. The van der Waals surface area contributed by atoms with Gasteiger partial charge in [0.25, 0.3) is 0 Å². The van der Waals surface area contributed by atoms with Crippen LogP contribution in [-0.2, 0) is 11.2 Å². The zero-order valence-corrected chi connectivity index (χ0v) is 23.6. The number of Topliss-reactive ketones (excluding diaryl/α,β-unsaturated/α-hetero) is 1. The second-order valence-electron chi connectivity index (χ2n) is 12.0. The second-order valence-corrected chi connectivity index (χ2v) is 12.5. The Balaban J connectivity index is 1.64. The highest BCUT2D eigenvalue weighted by Crippen LogP contribution is 2.54. The average molecular weight is 530 g/mol. The summed E-state index contributed by atoms with van der Waals surface area (Å²) >= 11 is 6.06. The minimum atomic E-state index is 0.00380. The maximum atomic E-state index is 13.6. The minimum absolute atomic E-state index is 0.00380. The van der Waals surface area contributed by atoms with Crippen molar-refractivity contribution in [3.05, 3.63) is 82.1 Å². The van der Waals surface area contributed by atoms with E-state index in [-0.39, 0.29) is 35.1 Å². The molecular formula is C32H36ClN3O2. The number of pyridine rings is 1. The Morgan fingerprint density at radius 2 is 1.82 bits per heavy atom. The maximum absolute atomic E-state index is 13.6. The summed E-state index contributed by atoms with van der Waals surface area (Å²) in [4.78, 5) is 32.8. The molecular weight excluding hydrogens is 494 g/mol. The molecule has 1 amide bonds. The molecule has 2 aromatic carbocycles. The van der Waals surface area contributed by atoms with Gasteiger partial charge < -0.3 is 10.2 Å². The molecule has 2 aliphatic rings. The lowest BCUT2D eigenvalue weighted by atomic mass is 9.90. The van der Waals surface area contributed by atoms with E-state index < -0.39 is 0 Å². The topological polar surface area (TPSA) is 62.3 Å². The van der Waals surface area contributed by atoms with Crippen LogP contribution < -0.4 is 10.2 Å². The molecule has 198 valence electrons. The number of hydrogen-bond donors (Lipinski definition) is 1. The Bertz CT molecular complexity index is 1360. The summed E-state index contributed by atoms with van der Waals surface area (Å²) in [5, 5.41) is 3.89. The van der Waals surface area contributed by atoms with Gasteiger partial charge in [-0.3, -0.25) is 14.6 Å². The van der Waals surface area contributed by atoms with E-state index in [1.165, 1.54) is 11.3 Å². The third kappa shape index (κ3) is 5.35. The standard InChI is InChI=1S/C32H36ClN3O2/c1-19-6-9-22(17-34-19)26-15-23(29(38)14-21-7-10-24(33)11-8-21)16-27-25-12-13-28(35-20(2)37)31(25)36(30(26)27)18-32(3,4)5/h6-11,15-17,25,28,31H,12-14,18H2,1-5H3,(H,35,37). The SMILES string of the molecule is CC(=O)NC1CCC2c3cc(C(=O)Cc4ccc(Cl)cc4)cc(-c4ccc(C)nc4)c3N(CC(C)(C)C)C12. The van der Waals surface area contributed by atoms with Crippen LogP contribution in [0.5, 0.6) is 0 Å². The van der Waals surface area contributed by atoms with Crippen molar-refractivity contribution in [3.8, 4) is 11.1 Å². The van der Waals surface area contributed by atoms with Crippen LogP contribution in [0.2, 0.25) is 5.02 Å². The molecule has 3 unspecified atom stereocenters. The molecule has 0 radical (unpaired) electrons. The third-order valence-electron chi connectivity index (χ3n) is 7.65. The van der Waals surface area contributed by atoms with Gasteiger partial charge in [0.1, 0.15) is 0 Å². The molecule has 1 N–H and O–H groups in total. The number of halogens is 1. The number of fused-ring (bicyclic) bond motifs is 3. The molecule has 1 aliphatic heterocycles. The Hall–Kier alpha value is -3.18. The number of aryl methyl sites for hydroxylation is 1. The first-order valence-corrected chi connectivity index (χ1v) is 13.8. The smallest absolute Gasteiger partial charge is 0.217 e. The van der Waals surface area contributed by atoms with Crippen LogP contribution in [0, 0.1) is 12.3 Å². The largest absolute Gasteiger partial charge is 0.365 e. The van der Waals surface area contributed by atoms with Crippen LogP contribution in [0.25, 0.3) is 11.1 Å². The number of anilines is 1. The summed E-state index contributed by atoms with van der Waals surface area (Å²) in [5.74, 6) is 0.340. The number of nitrogens with zero attached hydrogens (tertiary/aromatic N) is 2. The normalized spacial score (nSPS) is 20.3. The maximum Gasteiger partial charge on any atom is 0.217 e. The molecule has 38 heavy (non-hydrogen) atoms. The van der Waals surface area contributed by atoms with E-state index >= 15 is 0 Å². The lowest BCUT2D eigenvalue weighted by Gasteiger charge is -2.37. The van der Waals surface area contributed by atoms with Crippen LogP contribution in [0.15, 0.2) is 54.7 Å². The summed E-state index contributed by atoms with van der Waals surface area (Å²) in [5.41, 5.74) is 7.09. The fourth-order valence-electron chi connectivity index (χ4n) is 6.18. The first-order chi connectivity index (χ1) is 18.0. The van der Waals surface area contributed by atoms with Crippen molar-refractivity contribution in [2.75, 3.05) is 11.4 Å². The van der Waals surface area contributed by atoms with E-state index in [1.807, 2.05) is 49.5 Å². The Morgan fingerprint density at radius 3 is 2.45 bits per heavy atom. The molecule has 1 saturated carbocycles. The molecule has 0 saturated heterocycles. The van der Waals surface area contributed by atoms with Gasteiger partial charge in [-0.15, -0.1) is 0 Å². The Labute approximate surface area is 230 Å². The van der Waals surface area contributed by atoms with Gasteiger partial charge in [-0.25, -0.2) is 0 Å². The molecule has 2 heterocycles. The summed E-state index contributed by atoms with van der Waals surface area (Å²) < 4.78 is 0. The Morgan fingerprint density at radius 1 is 1.08 bits per heavy atom. The van der Waals surface area contributed by atoms with Gasteiger partial charge in [0.15, 0.2) is 5.78 Å². The van der Waals surface area contributed by atoms with Crippen LogP contribution in [0.4, 0.5) is 5.69 Å². The van der Waals surface area contributed by atoms with Crippen LogP contribution >= 0.6 is 11.6 Å². The van der Waals surface area contributed by atoms with E-state index in [0.29, 0.717) is 17.0 Å². The number of benzene rings is 2. The number of nitrogens with one attached hydrogen (secondary N) is 1. The van der Waals surface area contributed by atoms with Gasteiger partial charge in [-0.05, 0) is 66.6 Å². The van der Waals surface area contributed by atoms with Crippen molar-refractivity contribution in [1.29, 1.82) is 0 Å². The van der Waals surface area contributed by atoms with Crippen molar-refractivity contribution in [2.45, 2.75) is 71.9 Å². The van der Waals surface area contributed by atoms with Crippen molar-refractivity contribution >= 4 is 29.0 Å². The minimum Gasteiger partial charge on any atom is -0.365 e. The van der Waals surface area contributed by atoms with E-state index in [4.69, 9.17) is 11.6 Å². The zero-order chi connectivity index (χ0) is 27.2. The van der Waals surface area contributed by atoms with E-state index in [1.54, 1.807) is 6.92 Å². The monoisotopic (exact) mass is 529 g/mol. The highest BCUT2D eigenvalue weighted by atomic mass is 35.5. The van der Waals surface area contributed by atoms with E-state index in [0.717, 1.165) is 41.8 Å². The molecule has 5 rings (SSSR count). The van der Waals surface area contributed by atoms with Crippen LogP contribution in [0.1, 0.15) is 73.6 Å². The predicted molar refractivity (Wildman–Crippen MR) is 154 cm³/mol. The van der Waals surface area contributed by atoms with Gasteiger partial charge in [0.2, 0.25) is 5.91 Å². The van der Waals surface area contributed by atoms with Crippen molar-refractivity contribution in [3.63, 3.8) is 0 Å². The average Bonchev–Trinajstić information content (AvgIpc) is 3.38. The fraction of sp³-hybridized carbons (Fsp3) is 0.406. The molecule has 0 spiro atoms. The third-order valence-corrected chi connectivity index (χ3v) is 7.91. The number of rotatable bonds is 6. The van der Waals surface area contributed by atoms with Gasteiger partial charge in [-0.1, -0.05) is 50.6 Å². The molecule has 6 heteroatoms. The fourth-order valence-corrected chi connectivity index (χ4v) is 6.30. The molecule has 5 nitrogen and oxygen atoms in total. The van der Waals surface area contributed by atoms with E-state index in [2.05, 4.69) is 48.1 Å². The summed E-state index contributed by atoms with van der Waals surface area (Å²) in [7, 11) is 0. The molecule has 3 atom stereocenters. The molecule has 1 fully saturated rings. The number of carbonyl (C=O) groups excluding carboxylic acids is 2. The van der Waals surface area contributed by atoms with Crippen molar-refractivity contribution < 1.29 is 9.59 Å². The molecule has 1 aromatic heterocycles. The van der Waals surface area contributed by atoms with Crippen molar-refractivity contribution in [1.82, 2.24) is 10.3 Å². The Kier molecular flexibility index (Phi) is 7.08. The number of ketones is 1. The quantitative estimate of drug-likeness (QED) is 0.359. The van der Waals surface area contributed by atoms with Gasteiger partial charge in [0, 0.05) is 71.1 Å². The van der Waals surface area contributed by atoms with Crippen LogP contribution in [-0.4, -0.2) is 35.3 Å². The number of carbonyl (C=O) groups is 2. The number of hydrogen-bond acceptors (Lipinski definition) is 4.